The van der Waals surface area contributed by atoms with Crippen LogP contribution in [0.1, 0.15) is 89.0 Å². The molecule has 2 aliphatic rings. The molecule has 0 aromatic heterocycles. The topological polar surface area (TPSA) is 9.23 Å². The number of hydrogen-bond acceptors (Lipinski definition) is 1. The van der Waals surface area contributed by atoms with Gasteiger partial charge in [-0.15, -0.1) is 0 Å². The lowest BCUT2D eigenvalue weighted by molar-refractivity contribution is -0.153. The molecule has 6 heteroatoms. The molecule has 1 nitrogen and oxygen atoms in total. The van der Waals surface area contributed by atoms with E-state index in [1.807, 2.05) is 0 Å². The first kappa shape index (κ1) is 23.3. The lowest BCUT2D eigenvalue weighted by atomic mass is 9.68. The molecule has 170 valence electrons. The van der Waals surface area contributed by atoms with Crippen molar-refractivity contribution in [2.75, 3.05) is 6.61 Å². The fourth-order valence-corrected chi connectivity index (χ4v) is 5.48. The highest BCUT2D eigenvalue weighted by Gasteiger charge is 2.33. The first-order valence-corrected chi connectivity index (χ1v) is 11.5. The zero-order valence-electron chi connectivity index (χ0n) is 17.7. The van der Waals surface area contributed by atoms with Gasteiger partial charge in [-0.05, 0) is 73.8 Å². The standard InChI is InChI=1S/C24H33F5O/c1-2-3-4-16-5-7-17(8-6-16)18-9-11-19(12-10-18)20-13-14-21(23(26)22(20)25)30-15-24(27,28)29/h13-14,16-19H,2-12,15H2,1H3. The van der Waals surface area contributed by atoms with Gasteiger partial charge in [0.1, 0.15) is 0 Å². The van der Waals surface area contributed by atoms with E-state index in [2.05, 4.69) is 11.7 Å². The lowest BCUT2D eigenvalue weighted by Gasteiger charge is -2.38. The van der Waals surface area contributed by atoms with E-state index in [4.69, 9.17) is 0 Å². The van der Waals surface area contributed by atoms with E-state index in [0.29, 0.717) is 5.92 Å². The van der Waals surface area contributed by atoms with Crippen LogP contribution >= 0.6 is 0 Å². The van der Waals surface area contributed by atoms with E-state index in [0.717, 1.165) is 43.6 Å². The number of hydrogen-bond donors (Lipinski definition) is 0. The Labute approximate surface area is 176 Å². The van der Waals surface area contributed by atoms with Crippen molar-refractivity contribution in [3.8, 4) is 5.75 Å². The highest BCUT2D eigenvalue weighted by molar-refractivity contribution is 5.33. The molecule has 0 saturated heterocycles. The number of benzene rings is 1. The third-order valence-corrected chi connectivity index (χ3v) is 7.20. The van der Waals surface area contributed by atoms with Gasteiger partial charge in [0, 0.05) is 0 Å². The third kappa shape index (κ3) is 6.10. The van der Waals surface area contributed by atoms with Crippen LogP contribution in [0.2, 0.25) is 0 Å². The second-order valence-corrected chi connectivity index (χ2v) is 9.22. The summed E-state index contributed by atoms with van der Waals surface area (Å²) in [5.74, 6) is -0.832. The molecule has 2 saturated carbocycles. The monoisotopic (exact) mass is 432 g/mol. The van der Waals surface area contributed by atoms with Gasteiger partial charge in [-0.1, -0.05) is 45.1 Å². The van der Waals surface area contributed by atoms with Gasteiger partial charge in [-0.3, -0.25) is 0 Å². The molecule has 0 spiro atoms. The van der Waals surface area contributed by atoms with Gasteiger partial charge in [0.2, 0.25) is 5.82 Å². The second-order valence-electron chi connectivity index (χ2n) is 9.22. The normalized spacial score (nSPS) is 27.8. The minimum absolute atomic E-state index is 0.0756. The Morgan fingerprint density at radius 3 is 2.03 bits per heavy atom. The highest BCUT2D eigenvalue weighted by atomic mass is 19.4. The first-order valence-electron chi connectivity index (χ1n) is 11.5. The molecule has 2 fully saturated rings. The van der Waals surface area contributed by atoms with E-state index >= 15 is 0 Å². The third-order valence-electron chi connectivity index (χ3n) is 7.20. The Bertz CT molecular complexity index is 671. The van der Waals surface area contributed by atoms with Gasteiger partial charge in [0.15, 0.2) is 18.2 Å². The summed E-state index contributed by atoms with van der Waals surface area (Å²) in [5, 5.41) is 0. The van der Waals surface area contributed by atoms with E-state index in [1.165, 1.54) is 51.0 Å². The number of unbranched alkanes of at least 4 members (excludes halogenated alkanes) is 1. The van der Waals surface area contributed by atoms with Gasteiger partial charge in [-0.2, -0.15) is 17.6 Å². The van der Waals surface area contributed by atoms with E-state index in [1.54, 1.807) is 0 Å². The smallest absolute Gasteiger partial charge is 0.422 e. The quantitative estimate of drug-likeness (QED) is 0.395. The second kappa shape index (κ2) is 10.3. The molecule has 0 radical (unpaired) electrons. The van der Waals surface area contributed by atoms with Crippen LogP contribution in [0, 0.1) is 29.4 Å². The summed E-state index contributed by atoms with van der Waals surface area (Å²) in [4.78, 5) is 0. The molecule has 0 N–H and O–H groups in total. The maximum absolute atomic E-state index is 14.5. The average Bonchev–Trinajstić information content (AvgIpc) is 2.73. The summed E-state index contributed by atoms with van der Waals surface area (Å²) in [6.45, 7) is 0.608. The first-order chi connectivity index (χ1) is 14.3. The van der Waals surface area contributed by atoms with E-state index in [-0.39, 0.29) is 11.5 Å². The number of alkyl halides is 3. The number of ether oxygens (including phenoxy) is 1. The van der Waals surface area contributed by atoms with Crippen molar-refractivity contribution in [2.45, 2.75) is 89.6 Å². The molecule has 0 unspecified atom stereocenters. The predicted molar refractivity (Wildman–Crippen MR) is 108 cm³/mol. The number of halogens is 5. The van der Waals surface area contributed by atoms with Crippen molar-refractivity contribution in [1.29, 1.82) is 0 Å². The molecule has 1 aromatic rings. The molecule has 0 aliphatic heterocycles. The van der Waals surface area contributed by atoms with Crippen LogP contribution in [0.5, 0.6) is 5.75 Å². The van der Waals surface area contributed by atoms with Gasteiger partial charge in [0.05, 0.1) is 0 Å². The largest absolute Gasteiger partial charge is 0.481 e. The van der Waals surface area contributed by atoms with Crippen LogP contribution in [0.25, 0.3) is 0 Å². The summed E-state index contributed by atoms with van der Waals surface area (Å²) in [6.07, 6.45) is 8.21. The fraction of sp³-hybridized carbons (Fsp3) is 0.750. The van der Waals surface area contributed by atoms with Crippen molar-refractivity contribution < 1.29 is 26.7 Å². The zero-order chi connectivity index (χ0) is 21.7. The molecule has 2 aliphatic carbocycles. The fourth-order valence-electron chi connectivity index (χ4n) is 5.48. The van der Waals surface area contributed by atoms with Crippen molar-refractivity contribution >= 4 is 0 Å². The molecular weight excluding hydrogens is 399 g/mol. The van der Waals surface area contributed by atoms with Crippen LogP contribution in [-0.4, -0.2) is 12.8 Å². The van der Waals surface area contributed by atoms with Crippen molar-refractivity contribution in [2.24, 2.45) is 17.8 Å². The summed E-state index contributed by atoms with van der Waals surface area (Å²) in [5.41, 5.74) is 0.272. The average molecular weight is 433 g/mol. The Hall–Kier alpha value is -1.33. The van der Waals surface area contributed by atoms with E-state index in [9.17, 15) is 22.0 Å². The molecule has 1 aromatic carbocycles. The SMILES string of the molecule is CCCCC1CCC(C2CCC(c3ccc(OCC(F)(F)F)c(F)c3F)CC2)CC1. The Kier molecular flexibility index (Phi) is 8.03. The summed E-state index contributed by atoms with van der Waals surface area (Å²) in [7, 11) is 0. The van der Waals surface area contributed by atoms with Crippen LogP contribution in [0.3, 0.4) is 0 Å². The van der Waals surface area contributed by atoms with E-state index < -0.39 is 30.2 Å². The van der Waals surface area contributed by atoms with Gasteiger partial charge >= 0.3 is 6.18 Å². The molecule has 0 atom stereocenters. The zero-order valence-corrected chi connectivity index (χ0v) is 17.7. The minimum Gasteiger partial charge on any atom is -0.481 e. The summed E-state index contributed by atoms with van der Waals surface area (Å²) >= 11 is 0. The van der Waals surface area contributed by atoms with Crippen LogP contribution in [0.15, 0.2) is 12.1 Å². The Balaban J connectivity index is 1.52. The van der Waals surface area contributed by atoms with Crippen molar-refractivity contribution in [3.05, 3.63) is 29.3 Å². The maximum atomic E-state index is 14.5. The molecule has 3 rings (SSSR count). The molecule has 0 amide bonds. The highest BCUT2D eigenvalue weighted by Crippen LogP contribution is 2.45. The number of rotatable bonds is 7. The molecule has 30 heavy (non-hydrogen) atoms. The molecule has 0 heterocycles. The Morgan fingerprint density at radius 2 is 1.47 bits per heavy atom. The molecule has 0 bridgehead atoms. The maximum Gasteiger partial charge on any atom is 0.422 e. The lowest BCUT2D eigenvalue weighted by Crippen LogP contribution is -2.25. The minimum atomic E-state index is -4.59. The van der Waals surface area contributed by atoms with Gasteiger partial charge in [0.25, 0.3) is 0 Å². The van der Waals surface area contributed by atoms with Crippen molar-refractivity contribution in [1.82, 2.24) is 0 Å². The van der Waals surface area contributed by atoms with Crippen LogP contribution < -0.4 is 4.74 Å². The van der Waals surface area contributed by atoms with Crippen molar-refractivity contribution in [3.63, 3.8) is 0 Å². The summed E-state index contributed by atoms with van der Waals surface area (Å²) in [6, 6.07) is 2.53. The van der Waals surface area contributed by atoms with Crippen LogP contribution in [0.4, 0.5) is 22.0 Å². The molecular formula is C24H33F5O. The Morgan fingerprint density at radius 1 is 0.867 bits per heavy atom. The predicted octanol–water partition coefficient (Wildman–Crippen LogP) is 8.18. The van der Waals surface area contributed by atoms with Crippen LogP contribution in [-0.2, 0) is 0 Å². The van der Waals surface area contributed by atoms with Gasteiger partial charge < -0.3 is 4.74 Å². The summed E-state index contributed by atoms with van der Waals surface area (Å²) < 4.78 is 70.0. The van der Waals surface area contributed by atoms with Gasteiger partial charge in [-0.25, -0.2) is 4.39 Å².